The molecule has 2 amide bonds. The Labute approximate surface area is 125 Å². The summed E-state index contributed by atoms with van der Waals surface area (Å²) in [5, 5.41) is 5.22. The lowest BCUT2D eigenvalue weighted by molar-refractivity contribution is -0.139. The van der Waals surface area contributed by atoms with Gasteiger partial charge < -0.3 is 15.4 Å². The summed E-state index contributed by atoms with van der Waals surface area (Å²) in [6.45, 7) is 3.59. The van der Waals surface area contributed by atoms with E-state index in [1.54, 1.807) is 0 Å². The molecule has 1 saturated heterocycles. The third-order valence-electron chi connectivity index (χ3n) is 3.60. The molecular weight excluding hydrogens is 268 g/mol. The molecule has 0 radical (unpaired) electrons. The maximum atomic E-state index is 11.7. The van der Waals surface area contributed by atoms with Crippen LogP contribution in [-0.2, 0) is 27.3 Å². The smallest absolute Gasteiger partial charge is 0.309 e. The van der Waals surface area contributed by atoms with E-state index in [4.69, 9.17) is 4.74 Å². The van der Waals surface area contributed by atoms with E-state index in [1.807, 2.05) is 24.3 Å². The van der Waals surface area contributed by atoms with Gasteiger partial charge in [-0.1, -0.05) is 31.2 Å². The molecule has 2 N–H and O–H groups in total. The molecule has 0 bridgehead atoms. The highest BCUT2D eigenvalue weighted by Gasteiger charge is 2.18. The van der Waals surface area contributed by atoms with Crippen LogP contribution in [0.2, 0.25) is 0 Å². The van der Waals surface area contributed by atoms with Gasteiger partial charge in [-0.3, -0.25) is 9.59 Å². The molecule has 0 spiro atoms. The van der Waals surface area contributed by atoms with E-state index >= 15 is 0 Å². The summed E-state index contributed by atoms with van der Waals surface area (Å²) in [6.07, 6.45) is 2.98. The predicted octanol–water partition coefficient (Wildman–Crippen LogP) is 1.16. The minimum absolute atomic E-state index is 0.0448. The van der Waals surface area contributed by atoms with Crippen molar-refractivity contribution in [3.63, 3.8) is 0 Å². The largest absolute Gasteiger partial charge is 0.376 e. The Balaban J connectivity index is 1.71. The van der Waals surface area contributed by atoms with E-state index in [0.717, 1.165) is 31.4 Å². The lowest BCUT2D eigenvalue weighted by atomic mass is 10.1. The molecule has 1 aliphatic rings. The summed E-state index contributed by atoms with van der Waals surface area (Å²) in [5.74, 6) is -1.21. The quantitative estimate of drug-likeness (QED) is 0.800. The summed E-state index contributed by atoms with van der Waals surface area (Å²) in [7, 11) is 0. The third kappa shape index (κ3) is 4.86. The first-order valence-electron chi connectivity index (χ1n) is 7.44. The number of carbonyl (C=O) groups is 2. The summed E-state index contributed by atoms with van der Waals surface area (Å²) in [5.41, 5.74) is 2.23. The zero-order valence-electron chi connectivity index (χ0n) is 12.4. The van der Waals surface area contributed by atoms with Crippen LogP contribution in [0.4, 0.5) is 0 Å². The van der Waals surface area contributed by atoms with E-state index in [0.29, 0.717) is 13.1 Å². The Morgan fingerprint density at radius 1 is 1.14 bits per heavy atom. The summed E-state index contributed by atoms with van der Waals surface area (Å²) in [4.78, 5) is 23.3. The minimum Gasteiger partial charge on any atom is -0.376 e. The van der Waals surface area contributed by atoms with Crippen LogP contribution < -0.4 is 10.6 Å². The number of aryl methyl sites for hydroxylation is 1. The molecule has 0 aromatic heterocycles. The Bertz CT molecular complexity index is 479. The van der Waals surface area contributed by atoms with Crippen LogP contribution in [0.25, 0.3) is 0 Å². The fourth-order valence-corrected chi connectivity index (χ4v) is 2.25. The van der Waals surface area contributed by atoms with Crippen LogP contribution in [0.1, 0.15) is 30.9 Å². The molecule has 114 valence electrons. The van der Waals surface area contributed by atoms with Gasteiger partial charge in [0.05, 0.1) is 6.10 Å². The van der Waals surface area contributed by atoms with Crippen molar-refractivity contribution in [2.24, 2.45) is 0 Å². The monoisotopic (exact) mass is 290 g/mol. The fraction of sp³-hybridized carbons (Fsp3) is 0.500. The van der Waals surface area contributed by atoms with Crippen molar-refractivity contribution < 1.29 is 14.3 Å². The van der Waals surface area contributed by atoms with Crippen LogP contribution >= 0.6 is 0 Å². The Hall–Kier alpha value is -1.88. The fourth-order valence-electron chi connectivity index (χ4n) is 2.25. The summed E-state index contributed by atoms with van der Waals surface area (Å²) < 4.78 is 5.39. The topological polar surface area (TPSA) is 67.4 Å². The molecule has 0 saturated carbocycles. The van der Waals surface area contributed by atoms with Gasteiger partial charge in [0.1, 0.15) is 0 Å². The lowest BCUT2D eigenvalue weighted by Crippen LogP contribution is -2.42. The van der Waals surface area contributed by atoms with Crippen molar-refractivity contribution in [1.29, 1.82) is 0 Å². The van der Waals surface area contributed by atoms with E-state index in [2.05, 4.69) is 17.6 Å². The molecule has 5 heteroatoms. The van der Waals surface area contributed by atoms with E-state index in [1.165, 1.54) is 5.56 Å². The number of hydrogen-bond donors (Lipinski definition) is 2. The Morgan fingerprint density at radius 2 is 1.81 bits per heavy atom. The number of nitrogens with one attached hydrogen (secondary N) is 2. The normalized spacial score (nSPS) is 17.5. The predicted molar refractivity (Wildman–Crippen MR) is 79.7 cm³/mol. The number of ether oxygens (including phenoxy) is 1. The molecule has 0 unspecified atom stereocenters. The average molecular weight is 290 g/mol. The van der Waals surface area contributed by atoms with Gasteiger partial charge in [0.15, 0.2) is 0 Å². The van der Waals surface area contributed by atoms with Crippen molar-refractivity contribution in [3.8, 4) is 0 Å². The summed E-state index contributed by atoms with van der Waals surface area (Å²) in [6, 6.07) is 7.98. The van der Waals surface area contributed by atoms with Crippen molar-refractivity contribution in [3.05, 3.63) is 35.4 Å². The van der Waals surface area contributed by atoms with Gasteiger partial charge in [-0.25, -0.2) is 0 Å². The highest BCUT2D eigenvalue weighted by molar-refractivity contribution is 6.35. The maximum Gasteiger partial charge on any atom is 0.309 e. The second-order valence-electron chi connectivity index (χ2n) is 5.20. The highest BCUT2D eigenvalue weighted by Crippen LogP contribution is 2.10. The Morgan fingerprint density at radius 3 is 2.43 bits per heavy atom. The number of hydrogen-bond acceptors (Lipinski definition) is 3. The number of carbonyl (C=O) groups excluding carboxylic acids is 2. The zero-order valence-corrected chi connectivity index (χ0v) is 12.4. The third-order valence-corrected chi connectivity index (χ3v) is 3.60. The van der Waals surface area contributed by atoms with Crippen LogP contribution in [0.3, 0.4) is 0 Å². The van der Waals surface area contributed by atoms with Crippen molar-refractivity contribution in [2.75, 3.05) is 13.2 Å². The molecule has 1 fully saturated rings. The molecule has 1 aliphatic heterocycles. The van der Waals surface area contributed by atoms with Crippen LogP contribution in [0, 0.1) is 0 Å². The van der Waals surface area contributed by atoms with Crippen molar-refractivity contribution in [1.82, 2.24) is 10.6 Å². The molecule has 2 rings (SSSR count). The second-order valence-corrected chi connectivity index (χ2v) is 5.20. The van der Waals surface area contributed by atoms with Gasteiger partial charge in [0.25, 0.3) is 0 Å². The standard InChI is InChI=1S/C16H22N2O3/c1-2-12-5-7-13(8-6-12)10-17-15(19)16(20)18-11-14-4-3-9-21-14/h5-8,14H,2-4,9-11H2,1H3,(H,17,19)(H,18,20)/t14-/m0/s1. The van der Waals surface area contributed by atoms with Gasteiger partial charge in [-0.05, 0) is 30.4 Å². The highest BCUT2D eigenvalue weighted by atomic mass is 16.5. The van der Waals surface area contributed by atoms with Gasteiger partial charge in [0.2, 0.25) is 0 Å². The molecule has 1 aromatic carbocycles. The van der Waals surface area contributed by atoms with E-state index in [-0.39, 0.29) is 6.10 Å². The number of benzene rings is 1. The van der Waals surface area contributed by atoms with Crippen LogP contribution in [-0.4, -0.2) is 31.1 Å². The molecule has 21 heavy (non-hydrogen) atoms. The van der Waals surface area contributed by atoms with Crippen LogP contribution in [0.5, 0.6) is 0 Å². The second kappa shape index (κ2) is 7.78. The Kier molecular flexibility index (Phi) is 5.75. The summed E-state index contributed by atoms with van der Waals surface area (Å²) >= 11 is 0. The minimum atomic E-state index is -0.604. The van der Waals surface area contributed by atoms with E-state index in [9.17, 15) is 9.59 Å². The van der Waals surface area contributed by atoms with Gasteiger partial charge in [-0.2, -0.15) is 0 Å². The first-order valence-corrected chi connectivity index (χ1v) is 7.44. The molecular formula is C16H22N2O3. The maximum absolute atomic E-state index is 11.7. The van der Waals surface area contributed by atoms with E-state index < -0.39 is 11.8 Å². The SMILES string of the molecule is CCc1ccc(CNC(=O)C(=O)NC[C@@H]2CCCO2)cc1. The zero-order chi connectivity index (χ0) is 15.1. The average Bonchev–Trinajstić information content (AvgIpc) is 3.04. The first kappa shape index (κ1) is 15.5. The molecule has 0 aliphatic carbocycles. The molecule has 1 atom stereocenters. The molecule has 1 aromatic rings. The van der Waals surface area contributed by atoms with Gasteiger partial charge in [0, 0.05) is 19.7 Å². The van der Waals surface area contributed by atoms with Crippen molar-refractivity contribution in [2.45, 2.75) is 38.8 Å². The number of rotatable bonds is 5. The molecule has 5 nitrogen and oxygen atoms in total. The van der Waals surface area contributed by atoms with Gasteiger partial charge >= 0.3 is 11.8 Å². The number of amides is 2. The lowest BCUT2D eigenvalue weighted by Gasteiger charge is -2.10. The van der Waals surface area contributed by atoms with Crippen LogP contribution in [0.15, 0.2) is 24.3 Å². The van der Waals surface area contributed by atoms with Gasteiger partial charge in [-0.15, -0.1) is 0 Å². The first-order chi connectivity index (χ1) is 10.2. The van der Waals surface area contributed by atoms with Crippen molar-refractivity contribution >= 4 is 11.8 Å². The molecule has 1 heterocycles.